The Morgan fingerprint density at radius 1 is 0.966 bits per heavy atom. The summed E-state index contributed by atoms with van der Waals surface area (Å²) in [6.07, 6.45) is 0. The Morgan fingerprint density at radius 3 is 2.28 bits per heavy atom. The molecule has 0 aliphatic carbocycles. The van der Waals surface area contributed by atoms with Gasteiger partial charge in [0.1, 0.15) is 11.8 Å². The quantitative estimate of drug-likeness (QED) is 0.616. The first-order valence-electron chi connectivity index (χ1n) is 8.75. The van der Waals surface area contributed by atoms with Gasteiger partial charge in [-0.05, 0) is 49.4 Å². The second-order valence-electron chi connectivity index (χ2n) is 6.21. The second-order valence-corrected chi connectivity index (χ2v) is 6.21. The smallest absolute Gasteiger partial charge is 0.274 e. The molecule has 0 bridgehead atoms. The molecule has 3 rings (SSSR count). The fraction of sp³-hybridized carbons (Fsp3) is 0.0952. The molecule has 2 aromatic carbocycles. The topological polar surface area (TPSA) is 120 Å². The van der Waals surface area contributed by atoms with Gasteiger partial charge in [0.2, 0.25) is 11.9 Å². The minimum absolute atomic E-state index is 0.170. The molecule has 3 aromatic rings. The fourth-order valence-corrected chi connectivity index (χ4v) is 2.59. The van der Waals surface area contributed by atoms with Gasteiger partial charge >= 0.3 is 0 Å². The van der Waals surface area contributed by atoms with Crippen LogP contribution in [0.1, 0.15) is 28.7 Å². The van der Waals surface area contributed by atoms with Crippen LogP contribution in [0.5, 0.6) is 0 Å². The summed E-state index contributed by atoms with van der Waals surface area (Å²) < 4.78 is 0. The molecule has 1 heterocycles. The Hall–Kier alpha value is -4.25. The van der Waals surface area contributed by atoms with Crippen molar-refractivity contribution in [1.29, 1.82) is 5.26 Å². The molecular formula is C21H18N6O2. The normalized spacial score (nSPS) is 9.97. The average Bonchev–Trinajstić information content (AvgIpc) is 2.69. The van der Waals surface area contributed by atoms with Gasteiger partial charge in [-0.25, -0.2) is 9.97 Å². The van der Waals surface area contributed by atoms with Gasteiger partial charge in [-0.2, -0.15) is 5.26 Å². The van der Waals surface area contributed by atoms with Crippen molar-refractivity contribution < 1.29 is 9.59 Å². The van der Waals surface area contributed by atoms with E-state index in [0.717, 1.165) is 0 Å². The number of carbonyl (C=O) groups excluding carboxylic acids is 2. The van der Waals surface area contributed by atoms with E-state index in [0.29, 0.717) is 28.3 Å². The van der Waals surface area contributed by atoms with Crippen LogP contribution in [0.2, 0.25) is 0 Å². The lowest BCUT2D eigenvalue weighted by Gasteiger charge is -2.10. The second kappa shape index (κ2) is 8.63. The van der Waals surface area contributed by atoms with Crippen molar-refractivity contribution in [3.63, 3.8) is 0 Å². The molecule has 8 nitrogen and oxygen atoms in total. The first-order chi connectivity index (χ1) is 13.9. The highest BCUT2D eigenvalue weighted by atomic mass is 16.2. The van der Waals surface area contributed by atoms with Crippen LogP contribution in [0.4, 0.5) is 23.0 Å². The number of nitrogens with one attached hydrogen (secondary N) is 3. The first kappa shape index (κ1) is 19.5. The van der Waals surface area contributed by atoms with E-state index in [1.54, 1.807) is 61.5 Å². The van der Waals surface area contributed by atoms with E-state index < -0.39 is 5.91 Å². The number of anilines is 4. The summed E-state index contributed by atoms with van der Waals surface area (Å²) in [6.45, 7) is 3.18. The number of carbonyl (C=O) groups is 2. The molecule has 0 fully saturated rings. The summed E-state index contributed by atoms with van der Waals surface area (Å²) in [7, 11) is 0. The van der Waals surface area contributed by atoms with Gasteiger partial charge in [0.15, 0.2) is 0 Å². The predicted molar refractivity (Wildman–Crippen MR) is 110 cm³/mol. The van der Waals surface area contributed by atoms with E-state index in [-0.39, 0.29) is 17.5 Å². The van der Waals surface area contributed by atoms with Gasteiger partial charge < -0.3 is 16.0 Å². The molecule has 0 saturated carbocycles. The summed E-state index contributed by atoms with van der Waals surface area (Å²) in [5.41, 5.74) is 2.98. The van der Waals surface area contributed by atoms with Gasteiger partial charge in [0.25, 0.3) is 5.91 Å². The minimum atomic E-state index is -0.403. The number of amides is 2. The lowest BCUT2D eigenvalue weighted by Crippen LogP contribution is -2.15. The van der Waals surface area contributed by atoms with Crippen molar-refractivity contribution in [3.8, 4) is 6.07 Å². The zero-order valence-electron chi connectivity index (χ0n) is 15.9. The largest absolute Gasteiger partial charge is 0.326 e. The van der Waals surface area contributed by atoms with E-state index >= 15 is 0 Å². The zero-order valence-corrected chi connectivity index (χ0v) is 15.9. The van der Waals surface area contributed by atoms with Crippen molar-refractivity contribution in [2.45, 2.75) is 13.8 Å². The number of aryl methyl sites for hydroxylation is 1. The summed E-state index contributed by atoms with van der Waals surface area (Å²) in [4.78, 5) is 32.2. The van der Waals surface area contributed by atoms with Gasteiger partial charge in [-0.3, -0.25) is 9.59 Å². The van der Waals surface area contributed by atoms with Crippen LogP contribution < -0.4 is 16.0 Å². The third kappa shape index (κ3) is 5.14. The summed E-state index contributed by atoms with van der Waals surface area (Å²) in [5, 5.41) is 17.6. The highest BCUT2D eigenvalue weighted by Gasteiger charge is 2.12. The Balaban J connectivity index is 1.77. The van der Waals surface area contributed by atoms with Gasteiger partial charge in [0, 0.05) is 24.0 Å². The highest BCUT2D eigenvalue weighted by molar-refractivity contribution is 6.03. The minimum Gasteiger partial charge on any atom is -0.326 e. The fourth-order valence-electron chi connectivity index (χ4n) is 2.59. The van der Waals surface area contributed by atoms with Crippen LogP contribution in [0.3, 0.4) is 0 Å². The number of rotatable bonds is 5. The molecule has 0 spiro atoms. The first-order valence-corrected chi connectivity index (χ1v) is 8.75. The molecule has 0 atom stereocenters. The third-order valence-corrected chi connectivity index (χ3v) is 3.84. The molecule has 144 valence electrons. The van der Waals surface area contributed by atoms with Crippen molar-refractivity contribution in [2.75, 3.05) is 16.0 Å². The summed E-state index contributed by atoms with van der Waals surface area (Å²) in [5.74, 6) is -0.352. The molecule has 0 aliphatic heterocycles. The Bertz CT molecular complexity index is 1100. The molecule has 0 unspecified atom stereocenters. The van der Waals surface area contributed by atoms with Crippen LogP contribution >= 0.6 is 0 Å². The average molecular weight is 386 g/mol. The number of nitriles is 1. The number of hydrogen-bond donors (Lipinski definition) is 3. The van der Waals surface area contributed by atoms with E-state index in [4.69, 9.17) is 0 Å². The lowest BCUT2D eigenvalue weighted by atomic mass is 10.2. The van der Waals surface area contributed by atoms with Crippen LogP contribution in [0.15, 0.2) is 54.6 Å². The molecule has 0 radical (unpaired) electrons. The van der Waals surface area contributed by atoms with Crippen LogP contribution in [-0.2, 0) is 4.79 Å². The molecule has 8 heteroatoms. The maximum atomic E-state index is 12.6. The number of para-hydroxylation sites is 1. The van der Waals surface area contributed by atoms with Crippen molar-refractivity contribution in [2.24, 2.45) is 0 Å². The molecule has 0 aliphatic rings. The Kier molecular flexibility index (Phi) is 5.80. The van der Waals surface area contributed by atoms with E-state index in [9.17, 15) is 14.9 Å². The Morgan fingerprint density at radius 2 is 1.62 bits per heavy atom. The molecule has 0 saturated heterocycles. The maximum Gasteiger partial charge on any atom is 0.274 e. The summed E-state index contributed by atoms with van der Waals surface area (Å²) >= 11 is 0. The summed E-state index contributed by atoms with van der Waals surface area (Å²) in [6, 6.07) is 17.4. The monoisotopic (exact) mass is 386 g/mol. The highest BCUT2D eigenvalue weighted by Crippen LogP contribution is 2.19. The van der Waals surface area contributed by atoms with Crippen LogP contribution in [0, 0.1) is 18.3 Å². The predicted octanol–water partition coefficient (Wildman–Crippen LogP) is 3.61. The standard InChI is InChI=1S/C21H18N6O2/c1-13-11-19(20(29)25-17-9-7-16(8-10-17)24-14(2)28)27-21(23-13)26-18-6-4-3-5-15(18)12-22/h3-11H,1-2H3,(H,24,28)(H,25,29)(H,23,26,27). The molecule has 29 heavy (non-hydrogen) atoms. The van der Waals surface area contributed by atoms with Gasteiger partial charge in [0.05, 0.1) is 11.3 Å². The van der Waals surface area contributed by atoms with Crippen molar-refractivity contribution in [1.82, 2.24) is 9.97 Å². The molecule has 3 N–H and O–H groups in total. The van der Waals surface area contributed by atoms with Crippen LogP contribution in [0.25, 0.3) is 0 Å². The van der Waals surface area contributed by atoms with Crippen LogP contribution in [-0.4, -0.2) is 21.8 Å². The number of nitrogens with zero attached hydrogens (tertiary/aromatic N) is 3. The number of aromatic nitrogens is 2. The van der Waals surface area contributed by atoms with Crippen molar-refractivity contribution in [3.05, 3.63) is 71.5 Å². The Labute approximate surface area is 167 Å². The van der Waals surface area contributed by atoms with E-state index in [1.165, 1.54) is 6.92 Å². The number of benzene rings is 2. The van der Waals surface area contributed by atoms with Crippen molar-refractivity contribution >= 4 is 34.8 Å². The SMILES string of the molecule is CC(=O)Nc1ccc(NC(=O)c2cc(C)nc(Nc3ccccc3C#N)n2)cc1. The van der Waals surface area contributed by atoms with E-state index in [1.807, 2.05) is 0 Å². The molecule has 1 aromatic heterocycles. The molecule has 2 amide bonds. The third-order valence-electron chi connectivity index (χ3n) is 3.84. The van der Waals surface area contributed by atoms with Gasteiger partial charge in [-0.1, -0.05) is 12.1 Å². The maximum absolute atomic E-state index is 12.6. The van der Waals surface area contributed by atoms with E-state index in [2.05, 4.69) is 32.0 Å². The zero-order chi connectivity index (χ0) is 20.8. The molecular weight excluding hydrogens is 368 g/mol. The lowest BCUT2D eigenvalue weighted by molar-refractivity contribution is -0.114. The number of hydrogen-bond acceptors (Lipinski definition) is 6. The van der Waals surface area contributed by atoms with Gasteiger partial charge in [-0.15, -0.1) is 0 Å².